The molecule has 3 heterocycles. The van der Waals surface area contributed by atoms with E-state index in [1.54, 1.807) is 11.7 Å². The second kappa shape index (κ2) is 4.12. The second-order valence-corrected chi connectivity index (χ2v) is 5.46. The maximum absolute atomic E-state index is 12.4. The maximum Gasteiger partial charge on any atom is 0.332 e. The molecule has 0 saturated carbocycles. The second-order valence-electron chi connectivity index (χ2n) is 5.46. The van der Waals surface area contributed by atoms with Crippen LogP contribution in [0.2, 0.25) is 0 Å². The van der Waals surface area contributed by atoms with Crippen molar-refractivity contribution in [2.24, 2.45) is 14.1 Å². The molecule has 2 aromatic heterocycles. The summed E-state index contributed by atoms with van der Waals surface area (Å²) in [5.74, 6) is 0.565. The minimum Gasteiger partial charge on any atom is -0.352 e. The lowest BCUT2D eigenvalue weighted by molar-refractivity contribution is 0.618. The van der Waals surface area contributed by atoms with Gasteiger partial charge in [0.1, 0.15) is 0 Å². The molecule has 2 atom stereocenters. The normalized spacial score (nSPS) is 22.0. The largest absolute Gasteiger partial charge is 0.352 e. The van der Waals surface area contributed by atoms with Crippen molar-refractivity contribution in [2.75, 3.05) is 10.7 Å². The van der Waals surface area contributed by atoms with Crippen LogP contribution in [0.25, 0.3) is 11.2 Å². The van der Waals surface area contributed by atoms with E-state index in [-0.39, 0.29) is 23.3 Å². The van der Waals surface area contributed by atoms with Crippen molar-refractivity contribution in [2.45, 2.75) is 32.4 Å². The number of aryl methyl sites for hydroxylation is 1. The molecule has 3 rings (SSSR count). The fraction of sp³-hybridized carbons (Fsp3) is 0.583. The number of nitrogens with one attached hydrogen (secondary N) is 2. The van der Waals surface area contributed by atoms with E-state index in [0.717, 1.165) is 11.0 Å². The van der Waals surface area contributed by atoms with Gasteiger partial charge in [-0.3, -0.25) is 13.9 Å². The van der Waals surface area contributed by atoms with E-state index in [0.29, 0.717) is 17.1 Å². The fourth-order valence-corrected chi connectivity index (χ4v) is 2.70. The molecule has 1 aliphatic rings. The summed E-state index contributed by atoms with van der Waals surface area (Å²) in [7, 11) is 3.09. The molecule has 8 heteroatoms. The van der Waals surface area contributed by atoms with Crippen molar-refractivity contribution >= 4 is 17.1 Å². The summed E-state index contributed by atoms with van der Waals surface area (Å²) in [5, 5.41) is 3.26. The summed E-state index contributed by atoms with van der Waals surface area (Å²) in [6, 6.07) is 0.425. The van der Waals surface area contributed by atoms with Gasteiger partial charge in [0.15, 0.2) is 11.2 Å². The first-order chi connectivity index (χ1) is 9.40. The van der Waals surface area contributed by atoms with Crippen LogP contribution >= 0.6 is 0 Å². The summed E-state index contributed by atoms with van der Waals surface area (Å²) in [5.41, 5.74) is 3.30. The summed E-state index contributed by atoms with van der Waals surface area (Å²) >= 11 is 0. The van der Waals surface area contributed by atoms with Crippen molar-refractivity contribution in [3.05, 3.63) is 20.8 Å². The standard InChI is InChI=1S/C12H18N6O2/c1-6-5-7(2)15-18-8-9(14-11(18)13-6)16(3)12(20)17(4)10(8)19/h6-7,15H,5H2,1-4H3,(H,13,14). The Hall–Kier alpha value is -2.25. The Labute approximate surface area is 115 Å². The van der Waals surface area contributed by atoms with Crippen LogP contribution in [0.3, 0.4) is 0 Å². The van der Waals surface area contributed by atoms with E-state index in [1.165, 1.54) is 11.6 Å². The van der Waals surface area contributed by atoms with Gasteiger partial charge >= 0.3 is 5.69 Å². The molecule has 0 aromatic carbocycles. The van der Waals surface area contributed by atoms with Crippen molar-refractivity contribution < 1.29 is 0 Å². The molecule has 0 bridgehead atoms. The Morgan fingerprint density at radius 3 is 2.55 bits per heavy atom. The first-order valence-corrected chi connectivity index (χ1v) is 6.61. The Morgan fingerprint density at radius 1 is 1.15 bits per heavy atom. The van der Waals surface area contributed by atoms with Crippen LogP contribution in [0.4, 0.5) is 5.95 Å². The average molecular weight is 278 g/mol. The van der Waals surface area contributed by atoms with Gasteiger partial charge in [-0.05, 0) is 20.3 Å². The highest BCUT2D eigenvalue weighted by Gasteiger charge is 2.24. The lowest BCUT2D eigenvalue weighted by Crippen LogP contribution is -2.38. The number of anilines is 1. The number of hydrogen-bond donors (Lipinski definition) is 2. The van der Waals surface area contributed by atoms with Crippen LogP contribution < -0.4 is 22.0 Å². The van der Waals surface area contributed by atoms with Crippen LogP contribution in [-0.2, 0) is 14.1 Å². The lowest BCUT2D eigenvalue weighted by Gasteiger charge is -2.14. The molecular weight excluding hydrogens is 260 g/mol. The van der Waals surface area contributed by atoms with E-state index in [4.69, 9.17) is 0 Å². The zero-order valence-electron chi connectivity index (χ0n) is 12.0. The topological polar surface area (TPSA) is 85.9 Å². The third kappa shape index (κ3) is 1.64. The molecule has 0 amide bonds. The molecule has 2 aromatic rings. The van der Waals surface area contributed by atoms with Crippen molar-refractivity contribution in [3.8, 4) is 0 Å². The van der Waals surface area contributed by atoms with E-state index in [2.05, 4.69) is 22.7 Å². The molecule has 2 unspecified atom stereocenters. The predicted molar refractivity (Wildman–Crippen MR) is 76.7 cm³/mol. The Balaban J connectivity index is 2.41. The average Bonchev–Trinajstić information content (AvgIpc) is 2.65. The SMILES string of the molecule is CC1CC(C)Nn2c(nc3c2c(=O)n(C)c(=O)n3C)N1. The number of rotatable bonds is 0. The molecule has 0 radical (unpaired) electrons. The van der Waals surface area contributed by atoms with Crippen LogP contribution in [0.15, 0.2) is 9.59 Å². The van der Waals surface area contributed by atoms with Gasteiger partial charge in [-0.25, -0.2) is 9.47 Å². The predicted octanol–water partition coefficient (Wildman–Crippen LogP) is -0.430. The zero-order valence-corrected chi connectivity index (χ0v) is 12.0. The van der Waals surface area contributed by atoms with Crippen LogP contribution in [0.5, 0.6) is 0 Å². The third-order valence-corrected chi connectivity index (χ3v) is 3.69. The molecule has 108 valence electrons. The number of aromatic nitrogens is 4. The summed E-state index contributed by atoms with van der Waals surface area (Å²) in [6.07, 6.45) is 0.914. The van der Waals surface area contributed by atoms with Gasteiger partial charge in [0, 0.05) is 26.2 Å². The molecule has 2 N–H and O–H groups in total. The summed E-state index contributed by atoms with van der Waals surface area (Å²) in [6.45, 7) is 4.11. The minimum atomic E-state index is -0.378. The summed E-state index contributed by atoms with van der Waals surface area (Å²) < 4.78 is 4.14. The molecular formula is C12H18N6O2. The smallest absolute Gasteiger partial charge is 0.332 e. The fourth-order valence-electron chi connectivity index (χ4n) is 2.70. The molecule has 1 aliphatic heterocycles. The van der Waals surface area contributed by atoms with Gasteiger partial charge in [-0.2, -0.15) is 4.98 Å². The van der Waals surface area contributed by atoms with Gasteiger partial charge in [0.05, 0.1) is 0 Å². The number of nitrogens with zero attached hydrogens (tertiary/aromatic N) is 4. The number of imidazole rings is 1. The first kappa shape index (κ1) is 12.8. The Kier molecular flexibility index (Phi) is 2.63. The minimum absolute atomic E-state index is 0.193. The van der Waals surface area contributed by atoms with E-state index < -0.39 is 0 Å². The van der Waals surface area contributed by atoms with Crippen molar-refractivity contribution in [3.63, 3.8) is 0 Å². The molecule has 0 spiro atoms. The third-order valence-electron chi connectivity index (χ3n) is 3.69. The van der Waals surface area contributed by atoms with Crippen LogP contribution in [-0.4, -0.2) is 30.9 Å². The summed E-state index contributed by atoms with van der Waals surface area (Å²) in [4.78, 5) is 28.7. The van der Waals surface area contributed by atoms with Gasteiger partial charge in [-0.15, -0.1) is 0 Å². The highest BCUT2D eigenvalue weighted by Crippen LogP contribution is 2.19. The van der Waals surface area contributed by atoms with Gasteiger partial charge in [0.25, 0.3) is 5.56 Å². The monoisotopic (exact) mass is 278 g/mol. The molecule has 8 nitrogen and oxygen atoms in total. The van der Waals surface area contributed by atoms with Crippen LogP contribution in [0, 0.1) is 0 Å². The number of hydrogen-bond acceptors (Lipinski definition) is 5. The van der Waals surface area contributed by atoms with E-state index in [1.807, 2.05) is 6.92 Å². The maximum atomic E-state index is 12.4. The van der Waals surface area contributed by atoms with Gasteiger partial charge in [-0.1, -0.05) is 0 Å². The van der Waals surface area contributed by atoms with Gasteiger partial charge < -0.3 is 10.7 Å². The van der Waals surface area contributed by atoms with Gasteiger partial charge in [0.2, 0.25) is 5.95 Å². The molecule has 0 saturated heterocycles. The number of fused-ring (bicyclic) bond motifs is 3. The van der Waals surface area contributed by atoms with Crippen molar-refractivity contribution in [1.82, 2.24) is 18.8 Å². The Morgan fingerprint density at radius 2 is 1.85 bits per heavy atom. The molecule has 0 aliphatic carbocycles. The first-order valence-electron chi connectivity index (χ1n) is 6.61. The quantitative estimate of drug-likeness (QED) is 0.683. The zero-order chi connectivity index (χ0) is 14.6. The molecule has 0 fully saturated rings. The Bertz CT molecular complexity index is 799. The van der Waals surface area contributed by atoms with E-state index in [9.17, 15) is 9.59 Å². The highest BCUT2D eigenvalue weighted by molar-refractivity contribution is 5.75. The lowest BCUT2D eigenvalue weighted by atomic mass is 10.1. The van der Waals surface area contributed by atoms with E-state index >= 15 is 0 Å². The van der Waals surface area contributed by atoms with Crippen LogP contribution in [0.1, 0.15) is 20.3 Å². The molecule has 20 heavy (non-hydrogen) atoms. The van der Waals surface area contributed by atoms with Crippen molar-refractivity contribution in [1.29, 1.82) is 0 Å². The highest BCUT2D eigenvalue weighted by atomic mass is 16.2.